The van der Waals surface area contributed by atoms with Gasteiger partial charge in [-0.2, -0.15) is 0 Å². The highest BCUT2D eigenvalue weighted by Gasteiger charge is 2.22. The molecule has 1 aromatic carbocycles. The van der Waals surface area contributed by atoms with Crippen molar-refractivity contribution in [3.8, 4) is 11.3 Å². The van der Waals surface area contributed by atoms with Crippen molar-refractivity contribution in [3.05, 3.63) is 101 Å². The van der Waals surface area contributed by atoms with Gasteiger partial charge in [0.25, 0.3) is 5.91 Å². The van der Waals surface area contributed by atoms with Crippen molar-refractivity contribution in [2.45, 2.75) is 13.1 Å². The summed E-state index contributed by atoms with van der Waals surface area (Å²) in [6.45, 7) is 0.707. The van der Waals surface area contributed by atoms with E-state index < -0.39 is 0 Å². The fraction of sp³-hybridized carbons (Fsp3) is 0.0909. The monoisotopic (exact) mass is 392 g/mol. The summed E-state index contributed by atoms with van der Waals surface area (Å²) in [5.74, 6) is 1.24. The Morgan fingerprint density at radius 3 is 2.64 bits per heavy atom. The van der Waals surface area contributed by atoms with E-state index in [2.05, 4.69) is 4.98 Å². The van der Waals surface area contributed by atoms with Crippen LogP contribution in [0.5, 0.6) is 0 Å². The van der Waals surface area contributed by atoms with E-state index in [-0.39, 0.29) is 11.7 Å². The maximum absolute atomic E-state index is 13.1. The molecule has 1 amide bonds. The number of nitrogens with zero attached hydrogens (tertiary/aromatic N) is 2. The van der Waals surface area contributed by atoms with E-state index in [9.17, 15) is 4.79 Å². The van der Waals surface area contributed by atoms with Crippen LogP contribution in [0, 0.1) is 0 Å². The topological polar surface area (TPSA) is 59.5 Å². The van der Waals surface area contributed by atoms with Crippen molar-refractivity contribution in [2.75, 3.05) is 0 Å². The van der Waals surface area contributed by atoms with E-state index in [4.69, 9.17) is 20.4 Å². The molecular weight excluding hydrogens is 376 g/mol. The molecule has 5 nitrogen and oxygen atoms in total. The molecule has 0 aliphatic heterocycles. The molecule has 3 aromatic heterocycles. The summed E-state index contributed by atoms with van der Waals surface area (Å²) in [5, 5.41) is 0.568. The minimum atomic E-state index is -0.237. The Labute approximate surface area is 167 Å². The molecule has 0 saturated heterocycles. The number of amides is 1. The average molecular weight is 393 g/mol. The summed E-state index contributed by atoms with van der Waals surface area (Å²) in [4.78, 5) is 18.9. The fourth-order valence-corrected chi connectivity index (χ4v) is 3.15. The van der Waals surface area contributed by atoms with Crippen LogP contribution < -0.4 is 0 Å². The number of aromatic nitrogens is 1. The summed E-state index contributed by atoms with van der Waals surface area (Å²) < 4.78 is 11.2. The molecule has 28 heavy (non-hydrogen) atoms. The van der Waals surface area contributed by atoms with Gasteiger partial charge in [0.2, 0.25) is 0 Å². The van der Waals surface area contributed by atoms with Crippen molar-refractivity contribution in [1.82, 2.24) is 9.88 Å². The Hall–Kier alpha value is -3.31. The molecule has 0 saturated carbocycles. The van der Waals surface area contributed by atoms with Crippen LogP contribution in [0.1, 0.15) is 21.9 Å². The van der Waals surface area contributed by atoms with Crippen molar-refractivity contribution >= 4 is 17.5 Å². The molecule has 0 N–H and O–H groups in total. The van der Waals surface area contributed by atoms with Gasteiger partial charge >= 0.3 is 0 Å². The Morgan fingerprint density at radius 1 is 1.00 bits per heavy atom. The second kappa shape index (κ2) is 8.15. The highest BCUT2D eigenvalue weighted by molar-refractivity contribution is 6.33. The lowest BCUT2D eigenvalue weighted by Crippen LogP contribution is -2.29. The molecule has 0 aliphatic carbocycles. The van der Waals surface area contributed by atoms with Gasteiger partial charge in [0.1, 0.15) is 11.5 Å². The van der Waals surface area contributed by atoms with E-state index in [1.54, 1.807) is 47.8 Å². The van der Waals surface area contributed by atoms with Crippen LogP contribution in [0.15, 0.2) is 88.2 Å². The van der Waals surface area contributed by atoms with Crippen LogP contribution in [0.2, 0.25) is 5.02 Å². The Kier molecular flexibility index (Phi) is 5.26. The molecule has 4 aromatic rings. The third kappa shape index (κ3) is 4.00. The van der Waals surface area contributed by atoms with E-state index in [1.165, 1.54) is 0 Å². The molecule has 0 unspecified atom stereocenters. The highest BCUT2D eigenvalue weighted by atomic mass is 35.5. The zero-order valence-electron chi connectivity index (χ0n) is 14.9. The van der Waals surface area contributed by atoms with Gasteiger partial charge < -0.3 is 13.7 Å². The van der Waals surface area contributed by atoms with Crippen LogP contribution in [0.25, 0.3) is 11.3 Å². The molecule has 140 valence electrons. The first-order chi connectivity index (χ1) is 13.7. The number of hydrogen-bond donors (Lipinski definition) is 0. The molecule has 4 rings (SSSR count). The third-order valence-electron chi connectivity index (χ3n) is 4.27. The first kappa shape index (κ1) is 18.1. The summed E-state index contributed by atoms with van der Waals surface area (Å²) in [7, 11) is 0. The fourth-order valence-electron chi connectivity index (χ4n) is 2.92. The summed E-state index contributed by atoms with van der Waals surface area (Å²) in [5.41, 5.74) is 1.66. The predicted octanol–water partition coefficient (Wildman–Crippen LogP) is 5.43. The zero-order valence-corrected chi connectivity index (χ0v) is 15.7. The Balaban J connectivity index is 1.61. The van der Waals surface area contributed by atoms with Gasteiger partial charge in [-0.25, -0.2) is 0 Å². The second-order valence-corrected chi connectivity index (χ2v) is 6.65. The lowest BCUT2D eigenvalue weighted by Gasteiger charge is -2.20. The van der Waals surface area contributed by atoms with Crippen LogP contribution in [0.3, 0.4) is 0 Å². The predicted molar refractivity (Wildman–Crippen MR) is 106 cm³/mol. The van der Waals surface area contributed by atoms with Gasteiger partial charge in [-0.1, -0.05) is 29.8 Å². The third-order valence-corrected chi connectivity index (χ3v) is 4.60. The standard InChI is InChI=1S/C22H17ClN2O3/c23-19-8-2-1-7-18(19)20-9-10-21(28-20)22(26)25(15-17-6-4-12-27-17)14-16-5-3-11-24-13-16/h1-13H,14-15H2. The smallest absolute Gasteiger partial charge is 0.290 e. The second-order valence-electron chi connectivity index (χ2n) is 6.25. The first-order valence-corrected chi connectivity index (χ1v) is 9.14. The number of rotatable bonds is 6. The number of pyridine rings is 1. The van der Waals surface area contributed by atoms with Crippen LogP contribution in [0.4, 0.5) is 0 Å². The van der Waals surface area contributed by atoms with Gasteiger partial charge in [0.05, 0.1) is 17.8 Å². The number of carbonyl (C=O) groups is 1. The first-order valence-electron chi connectivity index (χ1n) is 8.76. The van der Waals surface area contributed by atoms with Gasteiger partial charge in [-0.3, -0.25) is 9.78 Å². The lowest BCUT2D eigenvalue weighted by molar-refractivity contribution is 0.0686. The normalized spacial score (nSPS) is 10.8. The number of carbonyl (C=O) groups excluding carboxylic acids is 1. The number of furan rings is 2. The minimum absolute atomic E-state index is 0.237. The molecule has 0 spiro atoms. The molecule has 0 fully saturated rings. The van der Waals surface area contributed by atoms with Crippen molar-refractivity contribution < 1.29 is 13.6 Å². The summed E-state index contributed by atoms with van der Waals surface area (Å²) in [6, 6.07) is 18.2. The Bertz CT molecular complexity index is 1060. The van der Waals surface area contributed by atoms with E-state index in [0.717, 1.165) is 11.1 Å². The van der Waals surface area contributed by atoms with E-state index >= 15 is 0 Å². The highest BCUT2D eigenvalue weighted by Crippen LogP contribution is 2.29. The van der Waals surface area contributed by atoms with Crippen molar-refractivity contribution in [3.63, 3.8) is 0 Å². The number of halogens is 1. The largest absolute Gasteiger partial charge is 0.467 e. The maximum atomic E-state index is 13.1. The molecule has 0 bridgehead atoms. The van der Waals surface area contributed by atoms with Crippen LogP contribution >= 0.6 is 11.6 Å². The van der Waals surface area contributed by atoms with Gasteiger partial charge in [-0.05, 0) is 48.0 Å². The Morgan fingerprint density at radius 2 is 1.89 bits per heavy atom. The number of benzene rings is 1. The molecule has 6 heteroatoms. The molecule has 3 heterocycles. The minimum Gasteiger partial charge on any atom is -0.467 e. The van der Waals surface area contributed by atoms with E-state index in [0.29, 0.717) is 29.6 Å². The molecule has 0 radical (unpaired) electrons. The quantitative estimate of drug-likeness (QED) is 0.439. The SMILES string of the molecule is O=C(c1ccc(-c2ccccc2Cl)o1)N(Cc1cccnc1)Cc1ccco1. The van der Waals surface area contributed by atoms with Gasteiger partial charge in [-0.15, -0.1) is 0 Å². The number of hydrogen-bond acceptors (Lipinski definition) is 4. The molecular formula is C22H17ClN2O3. The van der Waals surface area contributed by atoms with Crippen LogP contribution in [-0.4, -0.2) is 15.8 Å². The van der Waals surface area contributed by atoms with Crippen LogP contribution in [-0.2, 0) is 13.1 Å². The van der Waals surface area contributed by atoms with Gasteiger partial charge in [0, 0.05) is 24.5 Å². The average Bonchev–Trinajstić information content (AvgIpc) is 3.40. The van der Waals surface area contributed by atoms with Gasteiger partial charge in [0.15, 0.2) is 5.76 Å². The molecule has 0 aliphatic rings. The maximum Gasteiger partial charge on any atom is 0.290 e. The zero-order chi connectivity index (χ0) is 19.3. The van der Waals surface area contributed by atoms with E-state index in [1.807, 2.05) is 36.4 Å². The summed E-state index contributed by atoms with van der Waals surface area (Å²) in [6.07, 6.45) is 5.02. The van der Waals surface area contributed by atoms with Crippen molar-refractivity contribution in [2.24, 2.45) is 0 Å². The molecule has 0 atom stereocenters. The lowest BCUT2D eigenvalue weighted by atomic mass is 10.2. The summed E-state index contributed by atoms with van der Waals surface area (Å²) >= 11 is 6.24. The van der Waals surface area contributed by atoms with Crippen molar-refractivity contribution in [1.29, 1.82) is 0 Å².